The van der Waals surface area contributed by atoms with Crippen molar-refractivity contribution in [3.63, 3.8) is 0 Å². The lowest BCUT2D eigenvalue weighted by molar-refractivity contribution is 0.152. The van der Waals surface area contributed by atoms with E-state index in [0.29, 0.717) is 10.9 Å². The number of anilines is 1. The van der Waals surface area contributed by atoms with Crippen LogP contribution >= 0.6 is 11.6 Å². The maximum atomic E-state index is 5.99. The molecule has 0 radical (unpaired) electrons. The highest BCUT2D eigenvalue weighted by atomic mass is 35.5. The zero-order valence-electron chi connectivity index (χ0n) is 9.21. The minimum absolute atomic E-state index is 0.436. The zero-order chi connectivity index (χ0) is 11.7. The number of fused-ring (bicyclic) bond motifs is 1. The second-order valence-electron chi connectivity index (χ2n) is 3.86. The van der Waals surface area contributed by atoms with E-state index in [9.17, 15) is 0 Å². The van der Waals surface area contributed by atoms with Crippen molar-refractivity contribution in [2.24, 2.45) is 0 Å². The van der Waals surface area contributed by atoms with E-state index in [4.69, 9.17) is 16.3 Å². The summed E-state index contributed by atoms with van der Waals surface area (Å²) in [6, 6.07) is 1.81. The maximum Gasteiger partial charge on any atom is 0.255 e. The van der Waals surface area contributed by atoms with Crippen LogP contribution in [-0.2, 0) is 4.74 Å². The van der Waals surface area contributed by atoms with Crippen LogP contribution < -0.4 is 4.90 Å². The Morgan fingerprint density at radius 2 is 2.24 bits per heavy atom. The predicted octanol–water partition coefficient (Wildman–Crippen LogP) is 1.00. The molecule has 0 N–H and O–H groups in total. The van der Waals surface area contributed by atoms with E-state index < -0.39 is 0 Å². The highest BCUT2D eigenvalue weighted by molar-refractivity contribution is 6.29. The average molecular weight is 254 g/mol. The Balaban J connectivity index is 2.05. The molecule has 6 nitrogen and oxygen atoms in total. The third-order valence-corrected chi connectivity index (χ3v) is 2.94. The van der Waals surface area contributed by atoms with Crippen LogP contribution in [0.4, 0.5) is 5.82 Å². The van der Waals surface area contributed by atoms with E-state index in [1.165, 1.54) is 6.33 Å². The van der Waals surface area contributed by atoms with Crippen molar-refractivity contribution in [1.29, 1.82) is 0 Å². The lowest BCUT2D eigenvalue weighted by Gasteiger charge is -2.21. The first-order valence-corrected chi connectivity index (χ1v) is 5.91. The third-order valence-electron chi connectivity index (χ3n) is 2.75. The summed E-state index contributed by atoms with van der Waals surface area (Å²) < 4.78 is 7.14. The van der Waals surface area contributed by atoms with Gasteiger partial charge in [0.1, 0.15) is 17.3 Å². The van der Waals surface area contributed by atoms with E-state index in [2.05, 4.69) is 20.0 Å². The van der Waals surface area contributed by atoms with Gasteiger partial charge in [-0.3, -0.25) is 0 Å². The molecule has 17 heavy (non-hydrogen) atoms. The van der Waals surface area contributed by atoms with Crippen molar-refractivity contribution in [2.45, 2.75) is 6.42 Å². The molecule has 90 valence electrons. The summed E-state index contributed by atoms with van der Waals surface area (Å²) in [6.45, 7) is 3.27. The Morgan fingerprint density at radius 1 is 1.29 bits per heavy atom. The van der Waals surface area contributed by atoms with E-state index in [0.717, 1.165) is 38.5 Å². The van der Waals surface area contributed by atoms with E-state index >= 15 is 0 Å². The van der Waals surface area contributed by atoms with Gasteiger partial charge in [0.15, 0.2) is 0 Å². The number of ether oxygens (including phenoxy) is 1. The van der Waals surface area contributed by atoms with Gasteiger partial charge in [-0.25, -0.2) is 0 Å². The summed E-state index contributed by atoms with van der Waals surface area (Å²) >= 11 is 5.99. The Labute approximate surface area is 103 Å². The molecule has 0 saturated carbocycles. The van der Waals surface area contributed by atoms with Crippen LogP contribution in [0, 0.1) is 0 Å². The molecule has 1 saturated heterocycles. The summed E-state index contributed by atoms with van der Waals surface area (Å²) in [7, 11) is 0. The van der Waals surface area contributed by atoms with Gasteiger partial charge in [-0.15, -0.1) is 0 Å². The van der Waals surface area contributed by atoms with Crippen molar-refractivity contribution in [2.75, 3.05) is 31.2 Å². The second kappa shape index (κ2) is 4.46. The van der Waals surface area contributed by atoms with Crippen LogP contribution in [0.3, 0.4) is 0 Å². The third kappa shape index (κ3) is 2.05. The van der Waals surface area contributed by atoms with Crippen LogP contribution in [0.5, 0.6) is 0 Å². The molecule has 3 rings (SSSR count). The second-order valence-corrected chi connectivity index (χ2v) is 4.25. The van der Waals surface area contributed by atoms with E-state index in [-0.39, 0.29) is 0 Å². The van der Waals surface area contributed by atoms with Crippen molar-refractivity contribution < 1.29 is 4.74 Å². The molecule has 0 aliphatic carbocycles. The Kier molecular flexibility index (Phi) is 2.82. The highest BCUT2D eigenvalue weighted by Gasteiger charge is 2.15. The quantitative estimate of drug-likeness (QED) is 0.710. The smallest absolute Gasteiger partial charge is 0.255 e. The zero-order valence-corrected chi connectivity index (χ0v) is 9.97. The Bertz CT molecular complexity index is 520. The number of rotatable bonds is 1. The summed E-state index contributed by atoms with van der Waals surface area (Å²) in [5, 5.41) is 4.60. The van der Waals surface area contributed by atoms with E-state index in [1.54, 1.807) is 4.52 Å². The Morgan fingerprint density at radius 3 is 3.18 bits per heavy atom. The lowest BCUT2D eigenvalue weighted by atomic mass is 10.4. The molecule has 1 aliphatic rings. The number of hydrogen-bond donors (Lipinski definition) is 0. The number of aromatic nitrogens is 4. The summed E-state index contributed by atoms with van der Waals surface area (Å²) in [5.74, 6) is 1.45. The molecular weight excluding hydrogens is 242 g/mol. The van der Waals surface area contributed by atoms with Crippen LogP contribution in [0.25, 0.3) is 5.78 Å². The van der Waals surface area contributed by atoms with Crippen molar-refractivity contribution in [3.8, 4) is 0 Å². The first-order chi connectivity index (χ1) is 8.34. The normalized spacial score (nSPS) is 17.4. The predicted molar refractivity (Wildman–Crippen MR) is 63.4 cm³/mol. The van der Waals surface area contributed by atoms with Gasteiger partial charge < -0.3 is 9.64 Å². The van der Waals surface area contributed by atoms with Crippen LogP contribution in [0.15, 0.2) is 12.4 Å². The first-order valence-electron chi connectivity index (χ1n) is 5.53. The van der Waals surface area contributed by atoms with Gasteiger partial charge in [0, 0.05) is 25.8 Å². The Hall–Kier alpha value is -1.40. The van der Waals surface area contributed by atoms with Crippen LogP contribution in [-0.4, -0.2) is 45.9 Å². The van der Waals surface area contributed by atoms with Crippen LogP contribution in [0.1, 0.15) is 6.42 Å². The van der Waals surface area contributed by atoms with Crippen molar-refractivity contribution in [1.82, 2.24) is 19.6 Å². The summed E-state index contributed by atoms with van der Waals surface area (Å²) in [5.41, 5.74) is 0. The number of halogens is 1. The van der Waals surface area contributed by atoms with Gasteiger partial charge in [0.25, 0.3) is 5.78 Å². The first kappa shape index (κ1) is 10.7. The molecule has 0 atom stereocenters. The molecule has 2 aromatic rings. The minimum Gasteiger partial charge on any atom is -0.380 e. The molecule has 0 unspecified atom stereocenters. The molecule has 7 heteroatoms. The molecule has 1 aliphatic heterocycles. The van der Waals surface area contributed by atoms with Crippen LogP contribution in [0.2, 0.25) is 5.15 Å². The molecule has 1 fully saturated rings. The summed E-state index contributed by atoms with van der Waals surface area (Å²) in [6.07, 6.45) is 2.48. The molecule has 0 spiro atoms. The fourth-order valence-electron chi connectivity index (χ4n) is 1.97. The van der Waals surface area contributed by atoms with Gasteiger partial charge in [0.05, 0.1) is 6.61 Å². The summed E-state index contributed by atoms with van der Waals surface area (Å²) in [4.78, 5) is 10.4. The molecule has 0 amide bonds. The molecule has 2 aromatic heterocycles. The van der Waals surface area contributed by atoms with Gasteiger partial charge in [0.2, 0.25) is 0 Å². The fraction of sp³-hybridized carbons (Fsp3) is 0.500. The van der Waals surface area contributed by atoms with Crippen molar-refractivity contribution >= 4 is 23.2 Å². The van der Waals surface area contributed by atoms with Gasteiger partial charge >= 0.3 is 0 Å². The molecule has 0 bridgehead atoms. The standard InChI is InChI=1S/C10H12ClN5O/c11-8-6-9(15-2-1-4-17-5-3-15)16-10(14-8)12-7-13-16/h6-7H,1-5H2. The molecular formula is C10H12ClN5O. The minimum atomic E-state index is 0.436. The van der Waals surface area contributed by atoms with E-state index in [1.807, 2.05) is 6.07 Å². The van der Waals surface area contributed by atoms with Gasteiger partial charge in [-0.2, -0.15) is 19.6 Å². The largest absolute Gasteiger partial charge is 0.380 e. The molecule has 0 aromatic carbocycles. The average Bonchev–Trinajstić information content (AvgIpc) is 2.62. The maximum absolute atomic E-state index is 5.99. The number of hydrogen-bond acceptors (Lipinski definition) is 5. The fourth-order valence-corrected chi connectivity index (χ4v) is 2.14. The molecule has 3 heterocycles. The SMILES string of the molecule is Clc1cc(N2CCCOCC2)n2ncnc2n1. The monoisotopic (exact) mass is 253 g/mol. The van der Waals surface area contributed by atoms with Gasteiger partial charge in [-0.05, 0) is 6.42 Å². The number of nitrogens with zero attached hydrogens (tertiary/aromatic N) is 5. The highest BCUT2D eigenvalue weighted by Crippen LogP contribution is 2.19. The topological polar surface area (TPSA) is 55.6 Å². The van der Waals surface area contributed by atoms with Crippen molar-refractivity contribution in [3.05, 3.63) is 17.5 Å². The lowest BCUT2D eigenvalue weighted by Crippen LogP contribution is -2.28. The van der Waals surface area contributed by atoms with Gasteiger partial charge in [-0.1, -0.05) is 11.6 Å².